The largest absolute Gasteiger partial charge is 0.496 e. The van der Waals surface area contributed by atoms with Gasteiger partial charge in [0.2, 0.25) is 0 Å². The van der Waals surface area contributed by atoms with Gasteiger partial charge < -0.3 is 19.5 Å². The average molecular weight is 281 g/mol. The van der Waals surface area contributed by atoms with E-state index in [-0.39, 0.29) is 12.3 Å². The lowest BCUT2D eigenvalue weighted by Crippen LogP contribution is -2.43. The van der Waals surface area contributed by atoms with Crippen molar-refractivity contribution in [2.75, 3.05) is 27.4 Å². The molecule has 0 saturated heterocycles. The van der Waals surface area contributed by atoms with E-state index in [0.29, 0.717) is 13.2 Å². The van der Waals surface area contributed by atoms with Crippen LogP contribution in [0.15, 0.2) is 18.2 Å². The zero-order chi connectivity index (χ0) is 15.0. The van der Waals surface area contributed by atoms with Crippen LogP contribution in [0.2, 0.25) is 0 Å². The van der Waals surface area contributed by atoms with Crippen molar-refractivity contribution < 1.29 is 14.2 Å². The van der Waals surface area contributed by atoms with Crippen molar-refractivity contribution in [1.29, 1.82) is 0 Å². The Bertz CT molecular complexity index is 389. The minimum Gasteiger partial charge on any atom is -0.496 e. The van der Waals surface area contributed by atoms with Gasteiger partial charge in [0.15, 0.2) is 6.29 Å². The Hall–Kier alpha value is -1.10. The van der Waals surface area contributed by atoms with Crippen LogP contribution >= 0.6 is 0 Å². The van der Waals surface area contributed by atoms with Gasteiger partial charge in [-0.3, -0.25) is 0 Å². The third kappa shape index (κ3) is 4.78. The Morgan fingerprint density at radius 1 is 1.15 bits per heavy atom. The topological polar surface area (TPSA) is 39.7 Å². The first-order chi connectivity index (χ1) is 9.65. The summed E-state index contributed by atoms with van der Waals surface area (Å²) < 4.78 is 16.8. The Balaban J connectivity index is 2.88. The SMILES string of the molecule is CCOC(OCC)C(Cc1cc(C)ccc1OC)NC. The predicted molar refractivity (Wildman–Crippen MR) is 81.3 cm³/mol. The summed E-state index contributed by atoms with van der Waals surface area (Å²) in [5, 5.41) is 3.29. The Kier molecular flexibility index (Phi) is 7.59. The number of ether oxygens (including phenoxy) is 3. The maximum Gasteiger partial charge on any atom is 0.172 e. The third-order valence-corrected chi connectivity index (χ3v) is 3.24. The average Bonchev–Trinajstić information content (AvgIpc) is 2.45. The number of likely N-dealkylation sites (N-methyl/N-ethyl adjacent to an activating group) is 1. The van der Waals surface area contributed by atoms with Crippen molar-refractivity contribution in [3.8, 4) is 5.75 Å². The normalized spacial score (nSPS) is 12.7. The first kappa shape index (κ1) is 17.0. The molecule has 0 spiro atoms. The summed E-state index contributed by atoms with van der Waals surface area (Å²) in [7, 11) is 3.63. The van der Waals surface area contributed by atoms with Crippen molar-refractivity contribution >= 4 is 0 Å². The summed E-state index contributed by atoms with van der Waals surface area (Å²) in [5.74, 6) is 0.905. The quantitative estimate of drug-likeness (QED) is 0.706. The van der Waals surface area contributed by atoms with Crippen LogP contribution in [-0.2, 0) is 15.9 Å². The first-order valence-corrected chi connectivity index (χ1v) is 7.20. The van der Waals surface area contributed by atoms with Gasteiger partial charge in [0.1, 0.15) is 5.75 Å². The van der Waals surface area contributed by atoms with E-state index in [9.17, 15) is 0 Å². The molecule has 0 saturated carbocycles. The minimum absolute atomic E-state index is 0.0885. The van der Waals surface area contributed by atoms with E-state index < -0.39 is 0 Å². The molecular formula is C16H27NO3. The van der Waals surface area contributed by atoms with Gasteiger partial charge in [-0.25, -0.2) is 0 Å². The molecule has 0 aromatic heterocycles. The summed E-state index contributed by atoms with van der Waals surface area (Å²) in [6.07, 6.45) is 0.548. The summed E-state index contributed by atoms with van der Waals surface area (Å²) in [6, 6.07) is 6.30. The van der Waals surface area contributed by atoms with Crippen LogP contribution in [0.25, 0.3) is 0 Å². The van der Waals surface area contributed by atoms with Crippen LogP contribution in [0, 0.1) is 6.92 Å². The highest BCUT2D eigenvalue weighted by Gasteiger charge is 2.22. The van der Waals surface area contributed by atoms with Crippen LogP contribution in [0.5, 0.6) is 5.75 Å². The van der Waals surface area contributed by atoms with Crippen LogP contribution in [0.1, 0.15) is 25.0 Å². The van der Waals surface area contributed by atoms with Gasteiger partial charge in [-0.2, -0.15) is 0 Å². The highest BCUT2D eigenvalue weighted by atomic mass is 16.7. The highest BCUT2D eigenvalue weighted by molar-refractivity contribution is 5.37. The second kappa shape index (κ2) is 8.95. The monoisotopic (exact) mass is 281 g/mol. The number of methoxy groups -OCH3 is 1. The zero-order valence-electron chi connectivity index (χ0n) is 13.2. The molecule has 0 aliphatic carbocycles. The van der Waals surface area contributed by atoms with E-state index in [1.165, 1.54) is 5.56 Å². The summed E-state index contributed by atoms with van der Waals surface area (Å²) in [4.78, 5) is 0. The molecule has 1 aromatic rings. The molecule has 4 heteroatoms. The Morgan fingerprint density at radius 3 is 2.30 bits per heavy atom. The van der Waals surface area contributed by atoms with Crippen molar-refractivity contribution in [2.24, 2.45) is 0 Å². The van der Waals surface area contributed by atoms with Gasteiger partial charge in [-0.15, -0.1) is 0 Å². The van der Waals surface area contributed by atoms with Gasteiger partial charge in [-0.05, 0) is 45.9 Å². The molecule has 1 N–H and O–H groups in total. The van der Waals surface area contributed by atoms with Gasteiger partial charge in [0.25, 0.3) is 0 Å². The Morgan fingerprint density at radius 2 is 1.80 bits per heavy atom. The molecule has 0 radical (unpaired) electrons. The molecule has 0 heterocycles. The van der Waals surface area contributed by atoms with Crippen molar-refractivity contribution in [1.82, 2.24) is 5.32 Å². The van der Waals surface area contributed by atoms with Crippen LogP contribution < -0.4 is 10.1 Å². The number of nitrogens with one attached hydrogen (secondary N) is 1. The van der Waals surface area contributed by atoms with E-state index in [1.807, 2.05) is 27.0 Å². The molecule has 0 aliphatic rings. The molecule has 4 nitrogen and oxygen atoms in total. The molecular weight excluding hydrogens is 254 g/mol. The molecule has 1 aromatic carbocycles. The summed E-state index contributed by atoms with van der Waals surface area (Å²) in [6.45, 7) is 7.31. The fourth-order valence-electron chi connectivity index (χ4n) is 2.25. The number of rotatable bonds is 9. The van der Waals surface area contributed by atoms with E-state index in [1.54, 1.807) is 7.11 Å². The molecule has 0 fully saturated rings. The van der Waals surface area contributed by atoms with Gasteiger partial charge >= 0.3 is 0 Å². The second-order valence-corrected chi connectivity index (χ2v) is 4.69. The van der Waals surface area contributed by atoms with Crippen molar-refractivity contribution in [2.45, 2.75) is 39.5 Å². The molecule has 0 amide bonds. The fourth-order valence-corrected chi connectivity index (χ4v) is 2.25. The van der Waals surface area contributed by atoms with E-state index >= 15 is 0 Å². The van der Waals surface area contributed by atoms with Gasteiger partial charge in [-0.1, -0.05) is 17.7 Å². The maximum atomic E-state index is 5.69. The van der Waals surface area contributed by atoms with E-state index in [0.717, 1.165) is 17.7 Å². The lowest BCUT2D eigenvalue weighted by Gasteiger charge is -2.27. The lowest BCUT2D eigenvalue weighted by atomic mass is 10.0. The maximum absolute atomic E-state index is 5.69. The molecule has 0 aliphatic heterocycles. The predicted octanol–water partition coefficient (Wildman–Crippen LogP) is 2.53. The van der Waals surface area contributed by atoms with Crippen LogP contribution in [0.4, 0.5) is 0 Å². The molecule has 0 bridgehead atoms. The van der Waals surface area contributed by atoms with Crippen molar-refractivity contribution in [3.05, 3.63) is 29.3 Å². The number of hydrogen-bond donors (Lipinski definition) is 1. The lowest BCUT2D eigenvalue weighted by molar-refractivity contribution is -0.152. The standard InChI is InChI=1S/C16H27NO3/c1-6-19-16(20-7-2)14(17-4)11-13-10-12(3)8-9-15(13)18-5/h8-10,14,16-17H,6-7,11H2,1-5H3. The van der Waals surface area contributed by atoms with Crippen LogP contribution in [-0.4, -0.2) is 39.7 Å². The number of aryl methyl sites for hydroxylation is 1. The third-order valence-electron chi connectivity index (χ3n) is 3.24. The smallest absolute Gasteiger partial charge is 0.172 e. The van der Waals surface area contributed by atoms with Crippen molar-refractivity contribution in [3.63, 3.8) is 0 Å². The van der Waals surface area contributed by atoms with Crippen LogP contribution in [0.3, 0.4) is 0 Å². The van der Waals surface area contributed by atoms with E-state index in [4.69, 9.17) is 14.2 Å². The van der Waals surface area contributed by atoms with Gasteiger partial charge in [0.05, 0.1) is 13.2 Å². The molecule has 114 valence electrons. The molecule has 1 atom stereocenters. The number of hydrogen-bond acceptors (Lipinski definition) is 4. The molecule has 20 heavy (non-hydrogen) atoms. The number of benzene rings is 1. The summed E-state index contributed by atoms with van der Waals surface area (Å²) >= 11 is 0. The summed E-state index contributed by atoms with van der Waals surface area (Å²) in [5.41, 5.74) is 2.39. The zero-order valence-corrected chi connectivity index (χ0v) is 13.2. The fraction of sp³-hybridized carbons (Fsp3) is 0.625. The highest BCUT2D eigenvalue weighted by Crippen LogP contribution is 2.22. The minimum atomic E-state index is -0.250. The Labute approximate surface area is 122 Å². The van der Waals surface area contributed by atoms with Gasteiger partial charge in [0, 0.05) is 13.2 Å². The molecule has 1 unspecified atom stereocenters. The second-order valence-electron chi connectivity index (χ2n) is 4.69. The first-order valence-electron chi connectivity index (χ1n) is 7.20. The molecule has 1 rings (SSSR count). The van der Waals surface area contributed by atoms with E-state index in [2.05, 4.69) is 24.4 Å².